The van der Waals surface area contributed by atoms with Crippen LogP contribution in [0.25, 0.3) is 105 Å². The Morgan fingerprint density at radius 3 is 1.84 bits per heavy atom. The molecule has 0 spiro atoms. The van der Waals surface area contributed by atoms with Crippen molar-refractivity contribution in [1.29, 1.82) is 0 Å². The fraction of sp³-hybridized carbons (Fsp3) is 0. The number of aromatic nitrogens is 3. The monoisotopic (exact) mass is 627 g/mol. The average molecular weight is 628 g/mol. The number of nitrogens with zero attached hydrogens (tertiary/aromatic N) is 3. The largest absolute Gasteiger partial charge is 0.455 e. The predicted octanol–water partition coefficient (Wildman–Crippen LogP) is 11.9. The molecule has 11 rings (SSSR count). The molecule has 0 amide bonds. The Morgan fingerprint density at radius 1 is 0.449 bits per heavy atom. The summed E-state index contributed by atoms with van der Waals surface area (Å²) in [7, 11) is 0. The molecule has 4 heterocycles. The van der Waals surface area contributed by atoms with Crippen LogP contribution in [0.1, 0.15) is 0 Å². The average Bonchev–Trinajstić information content (AvgIpc) is 3.84. The van der Waals surface area contributed by atoms with Crippen LogP contribution in [0.15, 0.2) is 160 Å². The molecule has 0 saturated heterocycles. The Labute approximate surface area is 279 Å². The first-order valence-corrected chi connectivity index (χ1v) is 16.4. The summed E-state index contributed by atoms with van der Waals surface area (Å²) in [5.41, 5.74) is 10.0. The van der Waals surface area contributed by atoms with Crippen LogP contribution >= 0.6 is 0 Å². The van der Waals surface area contributed by atoms with Gasteiger partial charge in [-0.15, -0.1) is 0 Å². The maximum absolute atomic E-state index is 6.76. The topological polar surface area (TPSA) is 57.0 Å². The Hall–Kier alpha value is -6.72. The summed E-state index contributed by atoms with van der Waals surface area (Å²) in [6, 6.07) is 52.4. The first-order valence-electron chi connectivity index (χ1n) is 16.4. The van der Waals surface area contributed by atoms with Gasteiger partial charge in [0.2, 0.25) is 0 Å². The lowest BCUT2D eigenvalue weighted by atomic mass is 9.98. The van der Waals surface area contributed by atoms with E-state index in [1.807, 2.05) is 36.4 Å². The van der Waals surface area contributed by atoms with Gasteiger partial charge in [-0.3, -0.25) is 0 Å². The van der Waals surface area contributed by atoms with Crippen LogP contribution < -0.4 is 0 Å². The minimum absolute atomic E-state index is 0.639. The molecule has 0 aliphatic rings. The number of para-hydroxylation sites is 3. The lowest BCUT2D eigenvalue weighted by Crippen LogP contribution is -1.96. The van der Waals surface area contributed by atoms with E-state index in [4.69, 9.17) is 18.8 Å². The molecule has 0 atom stereocenters. The zero-order valence-electron chi connectivity index (χ0n) is 26.1. The summed E-state index contributed by atoms with van der Waals surface area (Å²) >= 11 is 0. The molecule has 0 saturated carbocycles. The van der Waals surface area contributed by atoms with Crippen molar-refractivity contribution < 1.29 is 8.83 Å². The fourth-order valence-electron chi connectivity index (χ4n) is 7.69. The van der Waals surface area contributed by atoms with E-state index >= 15 is 0 Å². The van der Waals surface area contributed by atoms with Crippen LogP contribution in [0.5, 0.6) is 0 Å². The SMILES string of the molecule is c1ccc(-c2nc(-c3cc4c(oc5cccc(-n6c7ccccc7c7ccccc76)c54)c4ccccc34)nc3c2oc2ccccc23)cc1. The van der Waals surface area contributed by atoms with Gasteiger partial charge in [-0.25, -0.2) is 9.97 Å². The van der Waals surface area contributed by atoms with E-state index in [0.717, 1.165) is 82.7 Å². The van der Waals surface area contributed by atoms with Gasteiger partial charge in [-0.05, 0) is 47.9 Å². The summed E-state index contributed by atoms with van der Waals surface area (Å²) in [5.74, 6) is 0.639. The highest BCUT2D eigenvalue weighted by molar-refractivity contribution is 6.22. The quantitative estimate of drug-likeness (QED) is 0.196. The van der Waals surface area contributed by atoms with Crippen molar-refractivity contribution in [3.63, 3.8) is 0 Å². The third-order valence-electron chi connectivity index (χ3n) is 9.81. The highest BCUT2D eigenvalue weighted by atomic mass is 16.3. The van der Waals surface area contributed by atoms with Crippen LogP contribution in [0.3, 0.4) is 0 Å². The van der Waals surface area contributed by atoms with E-state index in [0.29, 0.717) is 11.4 Å². The number of rotatable bonds is 3. The normalized spacial score (nSPS) is 12.1. The molecule has 0 fully saturated rings. The number of benzene rings is 7. The summed E-state index contributed by atoms with van der Waals surface area (Å²) in [4.78, 5) is 10.5. The van der Waals surface area contributed by atoms with Gasteiger partial charge < -0.3 is 13.4 Å². The third kappa shape index (κ3) is 3.70. The van der Waals surface area contributed by atoms with Gasteiger partial charge in [0.05, 0.1) is 22.1 Å². The van der Waals surface area contributed by atoms with E-state index in [-0.39, 0.29) is 0 Å². The van der Waals surface area contributed by atoms with Gasteiger partial charge in [0.15, 0.2) is 11.4 Å². The first-order chi connectivity index (χ1) is 24.3. The molecule has 0 bridgehead atoms. The van der Waals surface area contributed by atoms with Gasteiger partial charge in [-0.2, -0.15) is 0 Å². The van der Waals surface area contributed by atoms with E-state index in [1.54, 1.807) is 0 Å². The molecule has 4 aromatic heterocycles. The van der Waals surface area contributed by atoms with Crippen molar-refractivity contribution in [1.82, 2.24) is 14.5 Å². The minimum Gasteiger partial charge on any atom is -0.455 e. The molecule has 5 heteroatoms. The van der Waals surface area contributed by atoms with Gasteiger partial charge in [0, 0.05) is 38.1 Å². The standard InChI is InChI=1S/C44H25N3O2/c1-2-13-26(14-3-1)40-43-41(31-19-8-11-23-37(31)48-43)46-44(45-40)32-25-33-39-36(22-12-24-38(39)49-42(33)30-18-5-4-15-27(30)32)47-34-20-9-6-16-28(34)29-17-7-10-21-35(29)47/h1-25H. The van der Waals surface area contributed by atoms with Crippen molar-refractivity contribution in [2.75, 3.05) is 0 Å². The zero-order valence-corrected chi connectivity index (χ0v) is 26.1. The molecule has 0 N–H and O–H groups in total. The molecule has 228 valence electrons. The van der Waals surface area contributed by atoms with Gasteiger partial charge in [0.25, 0.3) is 0 Å². The third-order valence-corrected chi connectivity index (χ3v) is 9.81. The summed E-state index contributed by atoms with van der Waals surface area (Å²) < 4.78 is 15.5. The number of hydrogen-bond donors (Lipinski definition) is 0. The molecule has 0 aliphatic carbocycles. The molecule has 0 radical (unpaired) electrons. The van der Waals surface area contributed by atoms with Crippen molar-refractivity contribution in [3.05, 3.63) is 152 Å². The first kappa shape index (κ1) is 26.4. The molecular formula is C44H25N3O2. The lowest BCUT2D eigenvalue weighted by molar-refractivity contribution is 0.667. The highest BCUT2D eigenvalue weighted by Gasteiger charge is 2.23. The highest BCUT2D eigenvalue weighted by Crippen LogP contribution is 2.44. The van der Waals surface area contributed by atoms with Gasteiger partial charge >= 0.3 is 0 Å². The van der Waals surface area contributed by atoms with E-state index in [1.165, 1.54) is 10.8 Å². The number of hydrogen-bond acceptors (Lipinski definition) is 4. The minimum atomic E-state index is 0.639. The molecule has 0 aliphatic heterocycles. The zero-order chi connectivity index (χ0) is 32.1. The summed E-state index contributed by atoms with van der Waals surface area (Å²) in [6.07, 6.45) is 0. The maximum atomic E-state index is 6.76. The van der Waals surface area contributed by atoms with E-state index in [9.17, 15) is 0 Å². The van der Waals surface area contributed by atoms with E-state index < -0.39 is 0 Å². The Bertz CT molecular complexity index is 3060. The van der Waals surface area contributed by atoms with Crippen molar-refractivity contribution in [3.8, 4) is 28.3 Å². The number of fused-ring (bicyclic) bond motifs is 11. The van der Waals surface area contributed by atoms with Crippen molar-refractivity contribution >= 4 is 76.6 Å². The molecular weight excluding hydrogens is 603 g/mol. The second-order valence-corrected chi connectivity index (χ2v) is 12.5. The van der Waals surface area contributed by atoms with E-state index in [2.05, 4.69) is 120 Å². The molecule has 11 aromatic rings. The smallest absolute Gasteiger partial charge is 0.180 e. The number of furan rings is 2. The van der Waals surface area contributed by atoms with Crippen molar-refractivity contribution in [2.24, 2.45) is 0 Å². The Balaban J connectivity index is 1.28. The van der Waals surface area contributed by atoms with Gasteiger partial charge in [0.1, 0.15) is 28.0 Å². The van der Waals surface area contributed by atoms with Crippen LogP contribution in [0, 0.1) is 0 Å². The van der Waals surface area contributed by atoms with Crippen LogP contribution in [-0.2, 0) is 0 Å². The molecule has 7 aromatic carbocycles. The molecule has 49 heavy (non-hydrogen) atoms. The Morgan fingerprint density at radius 2 is 1.06 bits per heavy atom. The molecule has 5 nitrogen and oxygen atoms in total. The summed E-state index contributed by atoms with van der Waals surface area (Å²) in [5, 5.41) is 7.51. The van der Waals surface area contributed by atoms with Crippen LogP contribution in [0.2, 0.25) is 0 Å². The fourth-order valence-corrected chi connectivity index (χ4v) is 7.69. The van der Waals surface area contributed by atoms with Crippen LogP contribution in [-0.4, -0.2) is 14.5 Å². The molecule has 0 unspecified atom stereocenters. The van der Waals surface area contributed by atoms with Crippen molar-refractivity contribution in [2.45, 2.75) is 0 Å². The summed E-state index contributed by atoms with van der Waals surface area (Å²) in [6.45, 7) is 0. The predicted molar refractivity (Wildman–Crippen MR) is 199 cm³/mol. The second kappa shape index (κ2) is 9.89. The lowest BCUT2D eigenvalue weighted by Gasteiger charge is -2.11. The van der Waals surface area contributed by atoms with Gasteiger partial charge in [-0.1, -0.05) is 109 Å². The Kier molecular flexibility index (Phi) is 5.32. The van der Waals surface area contributed by atoms with Crippen LogP contribution in [0.4, 0.5) is 0 Å². The second-order valence-electron chi connectivity index (χ2n) is 12.5. The maximum Gasteiger partial charge on any atom is 0.180 e.